The highest BCUT2D eigenvalue weighted by Gasteiger charge is 2.38. The van der Waals surface area contributed by atoms with E-state index in [0.717, 1.165) is 37.3 Å². The monoisotopic (exact) mass is 342 g/mol. The molecule has 4 rings (SSSR count). The van der Waals surface area contributed by atoms with Gasteiger partial charge in [0, 0.05) is 37.6 Å². The van der Waals surface area contributed by atoms with Crippen molar-refractivity contribution in [2.75, 3.05) is 19.7 Å². The third kappa shape index (κ3) is 3.16. The zero-order valence-corrected chi connectivity index (χ0v) is 15.1. The highest BCUT2D eigenvalue weighted by atomic mass is 16.5. The first kappa shape index (κ1) is 16.5. The summed E-state index contributed by atoms with van der Waals surface area (Å²) in [6, 6.07) is 4.55. The van der Waals surface area contributed by atoms with Gasteiger partial charge in [0.2, 0.25) is 0 Å². The van der Waals surface area contributed by atoms with Gasteiger partial charge in [0.05, 0.1) is 12.7 Å². The molecule has 2 aliphatic heterocycles. The molecule has 0 radical (unpaired) electrons. The number of nitrogens with one attached hydrogen (secondary N) is 1. The Hall–Kier alpha value is -1.92. The van der Waals surface area contributed by atoms with Crippen molar-refractivity contribution in [1.82, 2.24) is 19.6 Å². The topological polar surface area (TPSA) is 58.9 Å². The number of carbonyl (C=O) groups is 1. The van der Waals surface area contributed by atoms with E-state index in [1.807, 2.05) is 29.7 Å². The van der Waals surface area contributed by atoms with E-state index in [0.29, 0.717) is 23.8 Å². The van der Waals surface area contributed by atoms with E-state index < -0.39 is 0 Å². The molecule has 0 aromatic carbocycles. The number of hydrogen-bond donors (Lipinski definition) is 1. The molecule has 6 heteroatoms. The molecular weight excluding hydrogens is 316 g/mol. The van der Waals surface area contributed by atoms with Crippen molar-refractivity contribution in [2.45, 2.75) is 45.4 Å². The number of imidazole rings is 1. The van der Waals surface area contributed by atoms with Crippen LogP contribution in [0.4, 0.5) is 0 Å². The van der Waals surface area contributed by atoms with Gasteiger partial charge in [-0.15, -0.1) is 0 Å². The molecule has 3 atom stereocenters. The molecule has 2 aromatic heterocycles. The molecule has 2 aliphatic rings. The van der Waals surface area contributed by atoms with Crippen LogP contribution in [0.25, 0.3) is 5.65 Å². The molecule has 25 heavy (non-hydrogen) atoms. The molecule has 134 valence electrons. The van der Waals surface area contributed by atoms with Gasteiger partial charge < -0.3 is 14.5 Å². The minimum Gasteiger partial charge on any atom is -0.375 e. The summed E-state index contributed by atoms with van der Waals surface area (Å²) in [6.07, 6.45) is 4.97. The SMILES string of the molecule is Cc1cccn2cc(C(=O)N[C@H]3C[C@H]4CO[C@@H](C(C)C)CN4C3)nc12. The third-order valence-corrected chi connectivity index (χ3v) is 5.43. The molecule has 0 bridgehead atoms. The largest absolute Gasteiger partial charge is 0.375 e. The Kier molecular flexibility index (Phi) is 4.25. The van der Waals surface area contributed by atoms with Crippen LogP contribution < -0.4 is 5.32 Å². The van der Waals surface area contributed by atoms with Gasteiger partial charge in [-0.3, -0.25) is 9.69 Å². The Morgan fingerprint density at radius 3 is 3.00 bits per heavy atom. The lowest BCUT2D eigenvalue weighted by atomic mass is 10.0. The minimum absolute atomic E-state index is 0.0886. The summed E-state index contributed by atoms with van der Waals surface area (Å²) in [4.78, 5) is 19.6. The van der Waals surface area contributed by atoms with Crippen molar-refractivity contribution in [1.29, 1.82) is 0 Å². The number of fused-ring (bicyclic) bond motifs is 2. The number of carbonyl (C=O) groups excluding carboxylic acids is 1. The zero-order valence-electron chi connectivity index (χ0n) is 15.1. The predicted octanol–water partition coefficient (Wildman–Crippen LogP) is 1.87. The predicted molar refractivity (Wildman–Crippen MR) is 95.7 cm³/mol. The normalized spacial score (nSPS) is 27.0. The molecular formula is C19H26N4O2. The number of morpholine rings is 1. The smallest absolute Gasteiger partial charge is 0.271 e. The van der Waals surface area contributed by atoms with Crippen molar-refractivity contribution in [2.24, 2.45) is 5.92 Å². The van der Waals surface area contributed by atoms with Crippen molar-refractivity contribution in [3.05, 3.63) is 35.8 Å². The number of amides is 1. The Bertz CT molecular complexity index is 785. The van der Waals surface area contributed by atoms with Crippen LogP contribution in [-0.4, -0.2) is 58.1 Å². The highest BCUT2D eigenvalue weighted by molar-refractivity contribution is 5.93. The van der Waals surface area contributed by atoms with Gasteiger partial charge in [-0.2, -0.15) is 0 Å². The lowest BCUT2D eigenvalue weighted by Gasteiger charge is -2.36. The van der Waals surface area contributed by atoms with Crippen molar-refractivity contribution < 1.29 is 9.53 Å². The fraction of sp³-hybridized carbons (Fsp3) is 0.579. The van der Waals surface area contributed by atoms with E-state index in [4.69, 9.17) is 4.74 Å². The average molecular weight is 342 g/mol. The number of aryl methyl sites for hydroxylation is 1. The molecule has 0 saturated carbocycles. The molecule has 2 saturated heterocycles. The molecule has 2 aromatic rings. The lowest BCUT2D eigenvalue weighted by molar-refractivity contribution is -0.0683. The second kappa shape index (κ2) is 6.42. The van der Waals surface area contributed by atoms with Crippen LogP contribution in [-0.2, 0) is 4.74 Å². The fourth-order valence-electron chi connectivity index (χ4n) is 3.93. The zero-order chi connectivity index (χ0) is 17.6. The second-order valence-corrected chi connectivity index (χ2v) is 7.68. The quantitative estimate of drug-likeness (QED) is 0.925. The Morgan fingerprint density at radius 2 is 2.24 bits per heavy atom. The summed E-state index contributed by atoms with van der Waals surface area (Å²) < 4.78 is 7.88. The van der Waals surface area contributed by atoms with Crippen LogP contribution in [0.2, 0.25) is 0 Å². The van der Waals surface area contributed by atoms with Crippen LogP contribution in [0.1, 0.15) is 36.3 Å². The maximum Gasteiger partial charge on any atom is 0.271 e. The fourth-order valence-corrected chi connectivity index (χ4v) is 3.93. The van der Waals surface area contributed by atoms with Gasteiger partial charge >= 0.3 is 0 Å². The summed E-state index contributed by atoms with van der Waals surface area (Å²) in [5.74, 6) is 0.435. The number of pyridine rings is 1. The van der Waals surface area contributed by atoms with Crippen LogP contribution in [0.3, 0.4) is 0 Å². The van der Waals surface area contributed by atoms with E-state index in [-0.39, 0.29) is 11.9 Å². The van der Waals surface area contributed by atoms with Crippen LogP contribution in [0.5, 0.6) is 0 Å². The van der Waals surface area contributed by atoms with Crippen LogP contribution >= 0.6 is 0 Å². The summed E-state index contributed by atoms with van der Waals surface area (Å²) >= 11 is 0. The van der Waals surface area contributed by atoms with Crippen LogP contribution in [0, 0.1) is 12.8 Å². The number of nitrogens with zero attached hydrogens (tertiary/aromatic N) is 3. The summed E-state index contributed by atoms with van der Waals surface area (Å²) in [7, 11) is 0. The number of ether oxygens (including phenoxy) is 1. The standard InChI is InChI=1S/C19H26N4O2/c1-12(2)17-10-23-8-14(7-15(23)11-25-17)20-19(24)16-9-22-6-4-5-13(3)18(22)21-16/h4-6,9,12,14-15,17H,7-8,10-11H2,1-3H3,(H,20,24)/t14-,15-,17+/m0/s1. The Balaban J connectivity index is 1.42. The maximum absolute atomic E-state index is 12.6. The first-order chi connectivity index (χ1) is 12.0. The molecule has 1 amide bonds. The minimum atomic E-state index is -0.0886. The third-order valence-electron chi connectivity index (χ3n) is 5.43. The van der Waals surface area contributed by atoms with Crippen molar-refractivity contribution >= 4 is 11.6 Å². The van der Waals surface area contributed by atoms with Gasteiger partial charge in [-0.25, -0.2) is 4.98 Å². The van der Waals surface area contributed by atoms with Crippen LogP contribution in [0.15, 0.2) is 24.5 Å². The Morgan fingerprint density at radius 1 is 1.40 bits per heavy atom. The van der Waals surface area contributed by atoms with Gasteiger partial charge in [0.1, 0.15) is 11.3 Å². The number of hydrogen-bond acceptors (Lipinski definition) is 4. The molecule has 6 nitrogen and oxygen atoms in total. The summed E-state index contributed by atoms with van der Waals surface area (Å²) in [5, 5.41) is 3.16. The van der Waals surface area contributed by atoms with Gasteiger partial charge in [-0.05, 0) is 30.9 Å². The summed E-state index contributed by atoms with van der Waals surface area (Å²) in [6.45, 7) is 9.03. The molecule has 2 fully saturated rings. The second-order valence-electron chi connectivity index (χ2n) is 7.68. The van der Waals surface area contributed by atoms with Gasteiger partial charge in [0.25, 0.3) is 5.91 Å². The summed E-state index contributed by atoms with van der Waals surface area (Å²) in [5.41, 5.74) is 2.39. The van der Waals surface area contributed by atoms with Gasteiger partial charge in [0.15, 0.2) is 0 Å². The van der Waals surface area contributed by atoms with E-state index in [1.54, 1.807) is 6.20 Å². The molecule has 4 heterocycles. The first-order valence-electron chi connectivity index (χ1n) is 9.12. The van der Waals surface area contributed by atoms with Crippen molar-refractivity contribution in [3.63, 3.8) is 0 Å². The molecule has 0 unspecified atom stereocenters. The average Bonchev–Trinajstić information content (AvgIpc) is 3.18. The number of aromatic nitrogens is 2. The Labute approximate surface area is 148 Å². The van der Waals surface area contributed by atoms with E-state index >= 15 is 0 Å². The van der Waals surface area contributed by atoms with E-state index in [9.17, 15) is 4.79 Å². The van der Waals surface area contributed by atoms with Gasteiger partial charge in [-0.1, -0.05) is 19.9 Å². The van der Waals surface area contributed by atoms with Crippen molar-refractivity contribution in [3.8, 4) is 0 Å². The molecule has 1 N–H and O–H groups in total. The molecule has 0 spiro atoms. The van der Waals surface area contributed by atoms with E-state index in [2.05, 4.69) is 29.0 Å². The molecule has 0 aliphatic carbocycles. The lowest BCUT2D eigenvalue weighted by Crippen LogP contribution is -2.48. The highest BCUT2D eigenvalue weighted by Crippen LogP contribution is 2.26. The van der Waals surface area contributed by atoms with E-state index in [1.165, 1.54) is 0 Å². The number of rotatable bonds is 3. The maximum atomic E-state index is 12.6. The first-order valence-corrected chi connectivity index (χ1v) is 9.12.